The van der Waals surface area contributed by atoms with E-state index >= 15 is 0 Å². The predicted molar refractivity (Wildman–Crippen MR) is 129 cm³/mol. The van der Waals surface area contributed by atoms with Crippen LogP contribution < -0.4 is 15.4 Å². The number of nitrogens with zero attached hydrogens (tertiary/aromatic N) is 1. The molecule has 6 nitrogen and oxygen atoms in total. The zero-order valence-electron chi connectivity index (χ0n) is 17.3. The van der Waals surface area contributed by atoms with Gasteiger partial charge in [-0.2, -0.15) is 0 Å². The molecule has 0 bridgehead atoms. The Morgan fingerprint density at radius 1 is 1.14 bits per heavy atom. The fraction of sp³-hybridized carbons (Fsp3) is 0.381. The summed E-state index contributed by atoms with van der Waals surface area (Å²) >= 11 is 0. The van der Waals surface area contributed by atoms with Crippen molar-refractivity contribution in [1.29, 1.82) is 0 Å². The molecular formula is C21H30IN3O3S. The lowest BCUT2D eigenvalue weighted by Crippen LogP contribution is -2.41. The van der Waals surface area contributed by atoms with Crippen LogP contribution in [0.25, 0.3) is 0 Å². The van der Waals surface area contributed by atoms with Gasteiger partial charge in [0.15, 0.2) is 15.8 Å². The first-order chi connectivity index (χ1) is 13.3. The minimum absolute atomic E-state index is 0. The van der Waals surface area contributed by atoms with Crippen LogP contribution in [0, 0.1) is 6.92 Å². The lowest BCUT2D eigenvalue weighted by molar-refractivity contribution is 0.224. The van der Waals surface area contributed by atoms with E-state index in [-0.39, 0.29) is 30.1 Å². The van der Waals surface area contributed by atoms with Gasteiger partial charge in [0.2, 0.25) is 0 Å². The number of para-hydroxylation sites is 1. The predicted octanol–water partition coefficient (Wildman–Crippen LogP) is 3.54. The van der Waals surface area contributed by atoms with Crippen LogP contribution in [0.15, 0.2) is 58.4 Å². The molecule has 160 valence electrons. The molecule has 0 radical (unpaired) electrons. The van der Waals surface area contributed by atoms with Gasteiger partial charge in [0, 0.05) is 12.8 Å². The van der Waals surface area contributed by atoms with Crippen LogP contribution in [-0.4, -0.2) is 39.8 Å². The maximum Gasteiger partial charge on any atom is 0.191 e. The summed E-state index contributed by atoms with van der Waals surface area (Å²) in [5.41, 5.74) is 1.69. The lowest BCUT2D eigenvalue weighted by Gasteiger charge is -2.17. The molecule has 2 aromatic carbocycles. The number of rotatable bonds is 8. The lowest BCUT2D eigenvalue weighted by atomic mass is 10.1. The molecule has 1 atom stereocenters. The monoisotopic (exact) mass is 531 g/mol. The highest BCUT2D eigenvalue weighted by atomic mass is 127. The number of aryl methyl sites for hydroxylation is 1. The van der Waals surface area contributed by atoms with Gasteiger partial charge in [-0.3, -0.25) is 0 Å². The van der Waals surface area contributed by atoms with Gasteiger partial charge in [-0.1, -0.05) is 30.3 Å². The van der Waals surface area contributed by atoms with Crippen LogP contribution in [-0.2, 0) is 16.4 Å². The van der Waals surface area contributed by atoms with E-state index in [2.05, 4.69) is 15.6 Å². The molecular weight excluding hydrogens is 501 g/mol. The van der Waals surface area contributed by atoms with Crippen molar-refractivity contribution in [2.24, 2.45) is 4.99 Å². The summed E-state index contributed by atoms with van der Waals surface area (Å²) in [6.07, 6.45) is 1.20. The van der Waals surface area contributed by atoms with E-state index in [4.69, 9.17) is 4.74 Å². The smallest absolute Gasteiger partial charge is 0.191 e. The van der Waals surface area contributed by atoms with Crippen molar-refractivity contribution in [2.45, 2.75) is 38.3 Å². The quantitative estimate of drug-likeness (QED) is 0.310. The number of nitrogens with one attached hydrogen (secondary N) is 2. The maximum absolute atomic E-state index is 11.7. The molecule has 0 aliphatic rings. The maximum atomic E-state index is 11.7. The first-order valence-electron chi connectivity index (χ1n) is 9.33. The van der Waals surface area contributed by atoms with Crippen LogP contribution in [0.2, 0.25) is 0 Å². The van der Waals surface area contributed by atoms with Gasteiger partial charge >= 0.3 is 0 Å². The van der Waals surface area contributed by atoms with E-state index in [9.17, 15) is 8.42 Å². The van der Waals surface area contributed by atoms with Crippen molar-refractivity contribution >= 4 is 39.8 Å². The molecule has 0 saturated carbocycles. The van der Waals surface area contributed by atoms with Gasteiger partial charge in [0.1, 0.15) is 11.9 Å². The molecule has 0 aliphatic carbocycles. The van der Waals surface area contributed by atoms with Gasteiger partial charge < -0.3 is 15.4 Å². The molecule has 2 N–H and O–H groups in total. The molecule has 0 fully saturated rings. The van der Waals surface area contributed by atoms with Crippen molar-refractivity contribution in [3.05, 3.63) is 59.7 Å². The molecule has 0 spiro atoms. The third kappa shape index (κ3) is 8.61. The van der Waals surface area contributed by atoms with Crippen molar-refractivity contribution < 1.29 is 13.2 Å². The van der Waals surface area contributed by atoms with E-state index in [1.165, 1.54) is 6.26 Å². The first-order valence-corrected chi connectivity index (χ1v) is 11.2. The van der Waals surface area contributed by atoms with E-state index < -0.39 is 9.84 Å². The molecule has 29 heavy (non-hydrogen) atoms. The zero-order chi connectivity index (χ0) is 20.6. The van der Waals surface area contributed by atoms with E-state index in [0.717, 1.165) is 23.4 Å². The summed E-state index contributed by atoms with van der Waals surface area (Å²) in [6.45, 7) is 7.60. The number of sulfone groups is 1. The minimum Gasteiger partial charge on any atom is -0.489 e. The molecule has 2 aromatic rings. The summed E-state index contributed by atoms with van der Waals surface area (Å²) in [7, 11) is -3.21. The minimum atomic E-state index is -3.21. The van der Waals surface area contributed by atoms with E-state index in [1.54, 1.807) is 19.1 Å². The van der Waals surface area contributed by atoms with Crippen LogP contribution >= 0.6 is 24.0 Å². The summed E-state index contributed by atoms with van der Waals surface area (Å²) < 4.78 is 29.3. The zero-order valence-corrected chi connectivity index (χ0v) is 20.5. The van der Waals surface area contributed by atoms with Gasteiger partial charge in [0.05, 0.1) is 18.0 Å². The summed E-state index contributed by atoms with van der Waals surface area (Å²) in [5.74, 6) is 1.52. The molecule has 2 rings (SSSR count). The highest BCUT2D eigenvalue weighted by molar-refractivity contribution is 14.0. The summed E-state index contributed by atoms with van der Waals surface area (Å²) in [6, 6.07) is 15.0. The standard InChI is InChI=1S/C21H29N3O3S.HI/c1-5-22-21(23-14-17(3)27-19-9-7-6-8-10-19)24-15-18-11-12-20(16(2)13-18)28(4,25)26;/h6-13,17H,5,14-15H2,1-4H3,(H2,22,23,24);1H. The number of benzene rings is 2. The number of ether oxygens (including phenoxy) is 1. The fourth-order valence-corrected chi connectivity index (χ4v) is 3.71. The normalized spacial score (nSPS) is 12.6. The van der Waals surface area contributed by atoms with Gasteiger partial charge in [0.25, 0.3) is 0 Å². The van der Waals surface area contributed by atoms with Crippen molar-refractivity contribution in [1.82, 2.24) is 10.6 Å². The van der Waals surface area contributed by atoms with Crippen LogP contribution in [0.4, 0.5) is 0 Å². The van der Waals surface area contributed by atoms with Gasteiger partial charge in [-0.25, -0.2) is 13.4 Å². The highest BCUT2D eigenvalue weighted by Gasteiger charge is 2.11. The number of aliphatic imine (C=N–C) groups is 1. The Hall–Kier alpha value is -1.81. The van der Waals surface area contributed by atoms with Crippen molar-refractivity contribution in [3.8, 4) is 5.75 Å². The number of guanidine groups is 1. The molecule has 8 heteroatoms. The van der Waals surface area contributed by atoms with Gasteiger partial charge in [-0.05, 0) is 50.1 Å². The Bertz CT molecular complexity index is 903. The second-order valence-electron chi connectivity index (χ2n) is 6.69. The number of halogens is 1. The summed E-state index contributed by atoms with van der Waals surface area (Å²) in [4.78, 5) is 4.94. The number of hydrogen-bond donors (Lipinski definition) is 2. The second-order valence-corrected chi connectivity index (χ2v) is 8.67. The fourth-order valence-electron chi connectivity index (χ4n) is 2.75. The van der Waals surface area contributed by atoms with Crippen LogP contribution in [0.5, 0.6) is 5.75 Å². The highest BCUT2D eigenvalue weighted by Crippen LogP contribution is 2.17. The van der Waals surface area contributed by atoms with Crippen LogP contribution in [0.3, 0.4) is 0 Å². The van der Waals surface area contributed by atoms with Gasteiger partial charge in [-0.15, -0.1) is 24.0 Å². The Kier molecular flexibility index (Phi) is 10.5. The average molecular weight is 531 g/mol. The average Bonchev–Trinajstić information content (AvgIpc) is 2.64. The molecule has 0 aliphatic heterocycles. The van der Waals surface area contributed by atoms with E-state index in [0.29, 0.717) is 23.9 Å². The van der Waals surface area contributed by atoms with Crippen molar-refractivity contribution in [3.63, 3.8) is 0 Å². The first kappa shape index (κ1) is 25.2. The molecule has 0 heterocycles. The Balaban J connectivity index is 0.00000420. The topological polar surface area (TPSA) is 79.8 Å². The third-order valence-corrected chi connectivity index (χ3v) is 5.30. The molecule has 0 amide bonds. The van der Waals surface area contributed by atoms with E-state index in [1.807, 2.05) is 50.2 Å². The third-order valence-electron chi connectivity index (χ3n) is 4.04. The molecule has 0 saturated heterocycles. The SMILES string of the molecule is CCNC(=NCc1ccc(S(C)(=O)=O)c(C)c1)NCC(C)Oc1ccccc1.I. The van der Waals surface area contributed by atoms with Crippen molar-refractivity contribution in [2.75, 3.05) is 19.3 Å². The number of hydrogen-bond acceptors (Lipinski definition) is 4. The Morgan fingerprint density at radius 2 is 1.83 bits per heavy atom. The summed E-state index contributed by atoms with van der Waals surface area (Å²) in [5, 5.41) is 6.49. The second kappa shape index (κ2) is 12.0. The Morgan fingerprint density at radius 3 is 2.41 bits per heavy atom. The van der Waals surface area contributed by atoms with Crippen LogP contribution in [0.1, 0.15) is 25.0 Å². The largest absolute Gasteiger partial charge is 0.489 e. The Labute approximate surface area is 191 Å². The molecule has 0 aromatic heterocycles. The molecule has 1 unspecified atom stereocenters.